The van der Waals surface area contributed by atoms with E-state index in [0.29, 0.717) is 0 Å². The maximum absolute atomic E-state index is 10.4. The van der Waals surface area contributed by atoms with Gasteiger partial charge in [-0.1, -0.05) is 56.3 Å². The molecule has 0 aliphatic heterocycles. The van der Waals surface area contributed by atoms with E-state index in [2.05, 4.69) is 20.4 Å². The summed E-state index contributed by atoms with van der Waals surface area (Å²) in [5.41, 5.74) is 4.30. The average Bonchev–Trinajstić information content (AvgIpc) is 2.35. The Morgan fingerprint density at radius 2 is 1.76 bits per heavy atom. The zero-order valence-corrected chi connectivity index (χ0v) is 11.0. The maximum Gasteiger partial charge on any atom is 0.101 e. The van der Waals surface area contributed by atoms with Gasteiger partial charge in [-0.15, -0.1) is 0 Å². The molecule has 1 heteroatoms. The van der Waals surface area contributed by atoms with Gasteiger partial charge in [-0.05, 0) is 36.5 Å². The number of allylic oxidation sites excluding steroid dienone is 2. The van der Waals surface area contributed by atoms with E-state index in [1.54, 1.807) is 0 Å². The van der Waals surface area contributed by atoms with E-state index in [-0.39, 0.29) is 0 Å². The lowest BCUT2D eigenvalue weighted by Crippen LogP contribution is -2.05. The van der Waals surface area contributed by atoms with E-state index in [0.717, 1.165) is 29.6 Å². The Morgan fingerprint density at radius 1 is 1.18 bits per heavy atom. The van der Waals surface area contributed by atoms with Crippen LogP contribution in [0.4, 0.5) is 0 Å². The smallest absolute Gasteiger partial charge is 0.101 e. The molecular formula is C16H22O. The third-order valence-electron chi connectivity index (χ3n) is 3.08. The largest absolute Gasteiger partial charge is 0.384 e. The number of benzene rings is 1. The van der Waals surface area contributed by atoms with Crippen molar-refractivity contribution in [2.24, 2.45) is 0 Å². The molecule has 0 fully saturated rings. The van der Waals surface area contributed by atoms with Gasteiger partial charge in [0.15, 0.2) is 0 Å². The van der Waals surface area contributed by atoms with Crippen LogP contribution < -0.4 is 0 Å². The topological polar surface area (TPSA) is 20.2 Å². The first-order chi connectivity index (χ1) is 8.11. The minimum absolute atomic E-state index is 0.507. The molecule has 1 unspecified atom stereocenters. The molecule has 1 rings (SSSR count). The number of aliphatic hydroxyl groups excluding tert-OH is 1. The summed E-state index contributed by atoms with van der Waals surface area (Å²) in [7, 11) is 0. The monoisotopic (exact) mass is 230 g/mol. The molecule has 1 nitrogen and oxygen atoms in total. The summed E-state index contributed by atoms with van der Waals surface area (Å²) in [5.74, 6) is 0. The van der Waals surface area contributed by atoms with Crippen LogP contribution in [0, 0.1) is 0 Å². The molecule has 0 heterocycles. The highest BCUT2D eigenvalue weighted by molar-refractivity contribution is 5.37. The number of hydrogen-bond acceptors (Lipinski definition) is 1. The van der Waals surface area contributed by atoms with Crippen LogP contribution in [0.2, 0.25) is 0 Å². The number of hydrogen-bond donors (Lipinski definition) is 1. The van der Waals surface area contributed by atoms with E-state index in [4.69, 9.17) is 0 Å². The van der Waals surface area contributed by atoms with Crippen molar-refractivity contribution >= 4 is 0 Å². The summed E-state index contributed by atoms with van der Waals surface area (Å²) < 4.78 is 0. The van der Waals surface area contributed by atoms with Crippen molar-refractivity contribution in [3.8, 4) is 0 Å². The van der Waals surface area contributed by atoms with Gasteiger partial charge >= 0.3 is 0 Å². The molecule has 0 spiro atoms. The summed E-state index contributed by atoms with van der Waals surface area (Å²) in [4.78, 5) is 0. The van der Waals surface area contributed by atoms with Gasteiger partial charge in [-0.3, -0.25) is 0 Å². The summed E-state index contributed by atoms with van der Waals surface area (Å²) in [6, 6.07) is 9.81. The Bertz CT molecular complexity index is 401. The second-order valence-electron chi connectivity index (χ2n) is 4.30. The minimum atomic E-state index is -0.507. The number of rotatable bonds is 5. The lowest BCUT2D eigenvalue weighted by atomic mass is 9.91. The molecule has 1 atom stereocenters. The van der Waals surface area contributed by atoms with Crippen molar-refractivity contribution in [1.29, 1.82) is 0 Å². The molecule has 1 aromatic rings. The molecule has 0 saturated heterocycles. The maximum atomic E-state index is 10.4. The van der Waals surface area contributed by atoms with Gasteiger partial charge < -0.3 is 5.11 Å². The van der Waals surface area contributed by atoms with Crippen molar-refractivity contribution in [2.75, 3.05) is 0 Å². The van der Waals surface area contributed by atoms with Gasteiger partial charge in [0.25, 0.3) is 0 Å². The summed E-state index contributed by atoms with van der Waals surface area (Å²) in [5, 5.41) is 10.4. The zero-order valence-electron chi connectivity index (χ0n) is 11.0. The molecule has 0 radical (unpaired) electrons. The van der Waals surface area contributed by atoms with Crippen LogP contribution in [0.5, 0.6) is 0 Å². The second kappa shape index (κ2) is 6.41. The van der Waals surface area contributed by atoms with Crippen molar-refractivity contribution in [1.82, 2.24) is 0 Å². The molecule has 0 aliphatic carbocycles. The molecule has 0 aromatic heterocycles. The van der Waals surface area contributed by atoms with Crippen molar-refractivity contribution in [3.05, 3.63) is 59.2 Å². The first-order valence-electron chi connectivity index (χ1n) is 6.22. The van der Waals surface area contributed by atoms with Gasteiger partial charge in [0, 0.05) is 0 Å². The van der Waals surface area contributed by atoms with Crippen molar-refractivity contribution in [3.63, 3.8) is 0 Å². The fraction of sp³-hybridized carbons (Fsp3) is 0.375. The highest BCUT2D eigenvalue weighted by Gasteiger charge is 2.15. The number of aliphatic hydroxyl groups is 1. The third-order valence-corrected chi connectivity index (χ3v) is 3.08. The van der Waals surface area contributed by atoms with E-state index in [1.165, 1.54) is 5.57 Å². The summed E-state index contributed by atoms with van der Waals surface area (Å²) >= 11 is 0. The van der Waals surface area contributed by atoms with Gasteiger partial charge in [0.1, 0.15) is 6.10 Å². The minimum Gasteiger partial charge on any atom is -0.384 e. The first kappa shape index (κ1) is 13.7. The van der Waals surface area contributed by atoms with Gasteiger partial charge in [0.05, 0.1) is 0 Å². The fourth-order valence-electron chi connectivity index (χ4n) is 2.21. The highest BCUT2D eigenvalue weighted by atomic mass is 16.3. The molecule has 0 saturated carbocycles. The Kier molecular flexibility index (Phi) is 5.17. The molecule has 1 aromatic carbocycles. The van der Waals surface area contributed by atoms with E-state index >= 15 is 0 Å². The van der Waals surface area contributed by atoms with Crippen molar-refractivity contribution in [2.45, 2.75) is 39.7 Å². The van der Waals surface area contributed by atoms with E-state index < -0.39 is 6.10 Å². The van der Waals surface area contributed by atoms with Crippen LogP contribution in [-0.4, -0.2) is 5.11 Å². The van der Waals surface area contributed by atoms with Crippen LogP contribution in [0.15, 0.2) is 53.6 Å². The third kappa shape index (κ3) is 3.31. The van der Waals surface area contributed by atoms with Gasteiger partial charge in [0.2, 0.25) is 0 Å². The normalized spacial score (nSPS) is 14.1. The Hall–Kier alpha value is -1.34. The van der Waals surface area contributed by atoms with Gasteiger partial charge in [-0.2, -0.15) is 0 Å². The first-order valence-corrected chi connectivity index (χ1v) is 6.22. The van der Waals surface area contributed by atoms with Crippen LogP contribution >= 0.6 is 0 Å². The molecule has 92 valence electrons. The Morgan fingerprint density at radius 3 is 2.18 bits per heavy atom. The van der Waals surface area contributed by atoms with Crippen LogP contribution in [0.25, 0.3) is 0 Å². The van der Waals surface area contributed by atoms with Crippen molar-refractivity contribution < 1.29 is 5.11 Å². The van der Waals surface area contributed by atoms with Gasteiger partial charge in [-0.25, -0.2) is 0 Å². The molecule has 1 N–H and O–H groups in total. The Balaban J connectivity index is 3.15. The molecular weight excluding hydrogens is 208 g/mol. The Labute approximate surface area is 104 Å². The fourth-order valence-corrected chi connectivity index (χ4v) is 2.21. The van der Waals surface area contributed by atoms with Crippen LogP contribution in [0.1, 0.15) is 45.3 Å². The predicted molar refractivity (Wildman–Crippen MR) is 73.8 cm³/mol. The quantitative estimate of drug-likeness (QED) is 0.743. The van der Waals surface area contributed by atoms with E-state index in [1.807, 2.05) is 37.3 Å². The summed E-state index contributed by atoms with van der Waals surface area (Å²) in [6.07, 6.45) is 1.27. The van der Waals surface area contributed by atoms with Crippen LogP contribution in [-0.2, 0) is 0 Å². The lowest BCUT2D eigenvalue weighted by Gasteiger charge is -2.19. The standard InChI is InChI=1S/C16H22O/c1-5-14(12(3)4)15(6-2)16(17)13-10-8-7-9-11-13/h7-11,16-17H,3,5-6H2,1-2,4H3/b15-14+. The summed E-state index contributed by atoms with van der Waals surface area (Å²) in [6.45, 7) is 10.2. The molecule has 0 bridgehead atoms. The van der Waals surface area contributed by atoms with E-state index in [9.17, 15) is 5.11 Å². The van der Waals surface area contributed by atoms with Crippen LogP contribution in [0.3, 0.4) is 0 Å². The molecule has 0 aliphatic rings. The highest BCUT2D eigenvalue weighted by Crippen LogP contribution is 2.30. The predicted octanol–water partition coefficient (Wildman–Crippen LogP) is 4.41. The molecule has 0 amide bonds. The lowest BCUT2D eigenvalue weighted by molar-refractivity contribution is 0.210. The molecule has 17 heavy (non-hydrogen) atoms. The average molecular weight is 230 g/mol. The second-order valence-corrected chi connectivity index (χ2v) is 4.30. The zero-order chi connectivity index (χ0) is 12.8. The SMILES string of the molecule is C=C(C)/C(CC)=C(\CC)C(O)c1ccccc1.